The standard InChI is InChI=1S/C33H32N4O2/c1-35(27-14-18-30(19-15-27)39-29-16-10-26(34)11-17-29)33(38)24-8-12-28(13-9-24)37-23-25(22-36-20-4-5-21-36)31-6-2-3-7-32(31)37/h2-3,6-19,23H,4-5,20-22,34H2,1H3. The van der Waals surface area contributed by atoms with E-state index in [2.05, 4.69) is 39.9 Å². The molecule has 6 heteroatoms. The molecule has 0 radical (unpaired) electrons. The van der Waals surface area contributed by atoms with Crippen LogP contribution >= 0.6 is 0 Å². The zero-order chi connectivity index (χ0) is 26.8. The van der Waals surface area contributed by atoms with Gasteiger partial charge in [-0.1, -0.05) is 18.2 Å². The van der Waals surface area contributed by atoms with Crippen LogP contribution in [0, 0.1) is 0 Å². The highest BCUT2D eigenvalue weighted by Crippen LogP contribution is 2.28. The molecule has 0 atom stereocenters. The van der Waals surface area contributed by atoms with Gasteiger partial charge in [0, 0.05) is 47.8 Å². The Bertz CT molecular complexity index is 1580. The molecule has 2 heterocycles. The number of anilines is 2. The van der Waals surface area contributed by atoms with Crippen molar-refractivity contribution >= 4 is 28.2 Å². The van der Waals surface area contributed by atoms with E-state index in [9.17, 15) is 4.79 Å². The summed E-state index contributed by atoms with van der Waals surface area (Å²) in [6.07, 6.45) is 4.81. The highest BCUT2D eigenvalue weighted by molar-refractivity contribution is 6.05. The summed E-state index contributed by atoms with van der Waals surface area (Å²) < 4.78 is 8.11. The maximum atomic E-state index is 13.3. The molecule has 0 saturated carbocycles. The summed E-state index contributed by atoms with van der Waals surface area (Å²) >= 11 is 0. The average Bonchev–Trinajstić information content (AvgIpc) is 3.62. The van der Waals surface area contributed by atoms with Crippen molar-refractivity contribution in [1.82, 2.24) is 9.47 Å². The maximum absolute atomic E-state index is 13.3. The van der Waals surface area contributed by atoms with Crippen molar-refractivity contribution in [1.29, 1.82) is 0 Å². The SMILES string of the molecule is CN(C(=O)c1ccc(-n2cc(CN3CCCC3)c3ccccc32)cc1)c1ccc(Oc2ccc(N)cc2)cc1. The Balaban J connectivity index is 1.18. The number of likely N-dealkylation sites (tertiary alicyclic amines) is 1. The van der Waals surface area contributed by atoms with Crippen molar-refractivity contribution in [3.05, 3.63) is 114 Å². The van der Waals surface area contributed by atoms with E-state index in [0.717, 1.165) is 17.9 Å². The fraction of sp³-hybridized carbons (Fsp3) is 0.182. The smallest absolute Gasteiger partial charge is 0.258 e. The monoisotopic (exact) mass is 516 g/mol. The molecular weight excluding hydrogens is 484 g/mol. The minimum atomic E-state index is -0.0687. The van der Waals surface area contributed by atoms with Crippen LogP contribution in [0.5, 0.6) is 11.5 Å². The number of nitrogens with zero attached hydrogens (tertiary/aromatic N) is 3. The number of nitrogens with two attached hydrogens (primary N) is 1. The minimum Gasteiger partial charge on any atom is -0.457 e. The van der Waals surface area contributed by atoms with Crippen molar-refractivity contribution in [3.63, 3.8) is 0 Å². The molecule has 1 aliphatic rings. The number of para-hydroxylation sites is 1. The van der Waals surface area contributed by atoms with Crippen LogP contribution in [0.1, 0.15) is 28.8 Å². The van der Waals surface area contributed by atoms with E-state index in [1.165, 1.54) is 42.4 Å². The van der Waals surface area contributed by atoms with Crippen molar-refractivity contribution in [2.75, 3.05) is 30.8 Å². The van der Waals surface area contributed by atoms with E-state index in [-0.39, 0.29) is 5.91 Å². The second-order valence-electron chi connectivity index (χ2n) is 10.1. The lowest BCUT2D eigenvalue weighted by Crippen LogP contribution is -2.26. The summed E-state index contributed by atoms with van der Waals surface area (Å²) in [5.74, 6) is 1.33. The first-order valence-corrected chi connectivity index (χ1v) is 13.4. The van der Waals surface area contributed by atoms with Gasteiger partial charge in [-0.2, -0.15) is 0 Å². The van der Waals surface area contributed by atoms with E-state index in [4.69, 9.17) is 10.5 Å². The maximum Gasteiger partial charge on any atom is 0.258 e. The van der Waals surface area contributed by atoms with Gasteiger partial charge in [0.15, 0.2) is 0 Å². The normalized spacial score (nSPS) is 13.6. The van der Waals surface area contributed by atoms with Gasteiger partial charge in [0.1, 0.15) is 11.5 Å². The quantitative estimate of drug-likeness (QED) is 0.240. The van der Waals surface area contributed by atoms with E-state index in [1.807, 2.05) is 60.7 Å². The third-order valence-electron chi connectivity index (χ3n) is 7.42. The first-order chi connectivity index (χ1) is 19.0. The van der Waals surface area contributed by atoms with Crippen LogP contribution in [0.4, 0.5) is 11.4 Å². The molecule has 6 rings (SSSR count). The lowest BCUT2D eigenvalue weighted by Gasteiger charge is -2.18. The summed E-state index contributed by atoms with van der Waals surface area (Å²) in [6.45, 7) is 3.31. The van der Waals surface area contributed by atoms with E-state index in [0.29, 0.717) is 22.7 Å². The molecule has 196 valence electrons. The summed E-state index contributed by atoms with van der Waals surface area (Å²) in [4.78, 5) is 17.5. The predicted molar refractivity (Wildman–Crippen MR) is 158 cm³/mol. The van der Waals surface area contributed by atoms with Gasteiger partial charge in [-0.3, -0.25) is 9.69 Å². The largest absolute Gasteiger partial charge is 0.457 e. The topological polar surface area (TPSA) is 63.7 Å². The molecule has 1 aromatic heterocycles. The molecule has 39 heavy (non-hydrogen) atoms. The number of aromatic nitrogens is 1. The second kappa shape index (κ2) is 10.7. The van der Waals surface area contributed by atoms with Crippen molar-refractivity contribution < 1.29 is 9.53 Å². The number of benzene rings is 4. The molecule has 0 spiro atoms. The molecule has 1 aliphatic heterocycles. The molecule has 0 aliphatic carbocycles. The molecule has 1 amide bonds. The molecule has 0 bridgehead atoms. The van der Waals surface area contributed by atoms with Gasteiger partial charge in [0.25, 0.3) is 5.91 Å². The highest BCUT2D eigenvalue weighted by Gasteiger charge is 2.17. The van der Waals surface area contributed by atoms with Crippen LogP contribution < -0.4 is 15.4 Å². The lowest BCUT2D eigenvalue weighted by molar-refractivity contribution is 0.0993. The number of ether oxygens (including phenoxy) is 1. The molecule has 0 unspecified atom stereocenters. The number of rotatable bonds is 7. The van der Waals surface area contributed by atoms with Crippen LogP contribution in [0.2, 0.25) is 0 Å². The molecule has 1 saturated heterocycles. The second-order valence-corrected chi connectivity index (χ2v) is 10.1. The van der Waals surface area contributed by atoms with E-state index < -0.39 is 0 Å². The van der Waals surface area contributed by atoms with Crippen LogP contribution in [-0.2, 0) is 6.54 Å². The Morgan fingerprint density at radius 1 is 0.846 bits per heavy atom. The Kier molecular flexibility index (Phi) is 6.78. The van der Waals surface area contributed by atoms with Gasteiger partial charge >= 0.3 is 0 Å². The first-order valence-electron chi connectivity index (χ1n) is 13.4. The van der Waals surface area contributed by atoms with Crippen LogP contribution in [0.3, 0.4) is 0 Å². The third kappa shape index (κ3) is 5.24. The molecule has 2 N–H and O–H groups in total. The number of amides is 1. The zero-order valence-corrected chi connectivity index (χ0v) is 22.1. The van der Waals surface area contributed by atoms with E-state index in [1.54, 1.807) is 24.1 Å². The number of carbonyl (C=O) groups excluding carboxylic acids is 1. The first kappa shape index (κ1) is 24.8. The van der Waals surface area contributed by atoms with Gasteiger partial charge < -0.3 is 19.9 Å². The van der Waals surface area contributed by atoms with Crippen molar-refractivity contribution in [2.24, 2.45) is 0 Å². The Labute approximate surface area is 228 Å². The number of fused-ring (bicyclic) bond motifs is 1. The zero-order valence-electron chi connectivity index (χ0n) is 22.1. The van der Waals surface area contributed by atoms with Gasteiger partial charge in [-0.15, -0.1) is 0 Å². The number of nitrogen functional groups attached to an aromatic ring is 1. The summed E-state index contributed by atoms with van der Waals surface area (Å²) in [6, 6.07) is 31.1. The lowest BCUT2D eigenvalue weighted by atomic mass is 10.1. The predicted octanol–water partition coefficient (Wildman–Crippen LogP) is 6.88. The molecule has 5 aromatic rings. The van der Waals surface area contributed by atoms with Crippen LogP contribution in [0.15, 0.2) is 103 Å². The Morgan fingerprint density at radius 2 is 1.49 bits per heavy atom. The molecular formula is C33H32N4O2. The van der Waals surface area contributed by atoms with Crippen molar-refractivity contribution in [3.8, 4) is 17.2 Å². The minimum absolute atomic E-state index is 0.0687. The fourth-order valence-electron chi connectivity index (χ4n) is 5.26. The molecule has 4 aromatic carbocycles. The summed E-state index contributed by atoms with van der Waals surface area (Å²) in [5, 5.41) is 1.29. The third-order valence-corrected chi connectivity index (χ3v) is 7.42. The van der Waals surface area contributed by atoms with Gasteiger partial charge in [-0.25, -0.2) is 0 Å². The number of carbonyl (C=O) groups is 1. The van der Waals surface area contributed by atoms with Crippen LogP contribution in [0.25, 0.3) is 16.6 Å². The number of hydrogen-bond acceptors (Lipinski definition) is 4. The van der Waals surface area contributed by atoms with Gasteiger partial charge in [0.2, 0.25) is 0 Å². The van der Waals surface area contributed by atoms with Crippen LogP contribution in [-0.4, -0.2) is 35.5 Å². The average molecular weight is 517 g/mol. The van der Waals surface area contributed by atoms with Gasteiger partial charge in [-0.05, 0) is 110 Å². The summed E-state index contributed by atoms with van der Waals surface area (Å²) in [5.41, 5.74) is 11.4. The van der Waals surface area contributed by atoms with E-state index >= 15 is 0 Å². The van der Waals surface area contributed by atoms with Gasteiger partial charge in [0.05, 0.1) is 5.52 Å². The molecule has 1 fully saturated rings. The number of hydrogen-bond donors (Lipinski definition) is 1. The summed E-state index contributed by atoms with van der Waals surface area (Å²) in [7, 11) is 1.79. The Hall–Kier alpha value is -4.55. The Morgan fingerprint density at radius 3 is 2.18 bits per heavy atom. The fourth-order valence-corrected chi connectivity index (χ4v) is 5.26. The molecule has 6 nitrogen and oxygen atoms in total. The highest BCUT2D eigenvalue weighted by atomic mass is 16.5. The van der Waals surface area contributed by atoms with Crippen molar-refractivity contribution in [2.45, 2.75) is 19.4 Å².